The molecule has 0 bridgehead atoms. The van der Waals surface area contributed by atoms with E-state index in [4.69, 9.17) is 5.73 Å². The lowest BCUT2D eigenvalue weighted by Crippen LogP contribution is -2.07. The summed E-state index contributed by atoms with van der Waals surface area (Å²) >= 11 is 3.36. The fourth-order valence-corrected chi connectivity index (χ4v) is 1.16. The maximum atomic E-state index is 5.74. The van der Waals surface area contributed by atoms with Crippen LogP contribution in [0.4, 0.5) is 11.4 Å². The van der Waals surface area contributed by atoms with Crippen LogP contribution < -0.4 is 5.73 Å². The molecule has 76 valence electrons. The van der Waals surface area contributed by atoms with Gasteiger partial charge < -0.3 is 5.73 Å². The van der Waals surface area contributed by atoms with Crippen LogP contribution in [0.5, 0.6) is 0 Å². The highest BCUT2D eigenvalue weighted by atomic mass is 79.9. The molecule has 0 heterocycles. The number of halogens is 1. The fourth-order valence-electron chi connectivity index (χ4n) is 0.807. The van der Waals surface area contributed by atoms with Gasteiger partial charge in [0.2, 0.25) is 0 Å². The largest absolute Gasteiger partial charge is 0.397 e. The molecule has 0 saturated carbocycles. The van der Waals surface area contributed by atoms with Gasteiger partial charge in [-0.25, -0.2) is 0 Å². The number of hydrogen-bond donors (Lipinski definition) is 1. The maximum Gasteiger partial charge on any atom is 0.109 e. The summed E-state index contributed by atoms with van der Waals surface area (Å²) in [6, 6.07) is 5.54. The van der Waals surface area contributed by atoms with Gasteiger partial charge in [-0.1, -0.05) is 15.9 Å². The molecule has 2 N–H and O–H groups in total. The van der Waals surface area contributed by atoms with Crippen molar-refractivity contribution in [2.45, 2.75) is 26.3 Å². The first-order valence-corrected chi connectivity index (χ1v) is 5.16. The highest BCUT2D eigenvalue weighted by molar-refractivity contribution is 9.10. The number of nitrogens with zero attached hydrogens (tertiary/aromatic N) is 2. The summed E-state index contributed by atoms with van der Waals surface area (Å²) in [4.78, 5) is 0. The quantitative estimate of drug-likeness (QED) is 0.601. The number of benzene rings is 1. The second-order valence-electron chi connectivity index (χ2n) is 4.07. The second-order valence-corrected chi connectivity index (χ2v) is 4.99. The second kappa shape index (κ2) is 4.09. The van der Waals surface area contributed by atoms with Crippen molar-refractivity contribution < 1.29 is 0 Å². The Labute approximate surface area is 92.5 Å². The Kier molecular flexibility index (Phi) is 3.26. The Hall–Kier alpha value is -0.900. The molecule has 14 heavy (non-hydrogen) atoms. The van der Waals surface area contributed by atoms with E-state index in [1.807, 2.05) is 32.9 Å². The lowest BCUT2D eigenvalue weighted by molar-refractivity contribution is 0.552. The van der Waals surface area contributed by atoms with E-state index in [1.54, 1.807) is 6.07 Å². The summed E-state index contributed by atoms with van der Waals surface area (Å²) in [5, 5.41) is 8.26. The number of anilines is 1. The normalized spacial score (nSPS) is 12.3. The molecule has 0 radical (unpaired) electrons. The summed E-state index contributed by atoms with van der Waals surface area (Å²) in [5.41, 5.74) is 6.92. The van der Waals surface area contributed by atoms with Crippen LogP contribution in [0.25, 0.3) is 0 Å². The Balaban J connectivity index is 2.97. The lowest BCUT2D eigenvalue weighted by atomic mass is 10.1. The van der Waals surface area contributed by atoms with Crippen LogP contribution in [0.3, 0.4) is 0 Å². The average Bonchev–Trinajstić information content (AvgIpc) is 2.05. The number of azo groups is 1. The molecule has 0 saturated heterocycles. The van der Waals surface area contributed by atoms with Gasteiger partial charge in [0.25, 0.3) is 0 Å². The third-order valence-corrected chi connectivity index (χ3v) is 1.94. The molecule has 0 aliphatic heterocycles. The molecule has 0 aromatic heterocycles. The standard InChI is InChI=1S/C10H14BrN3/c1-10(2,3)14-13-9-6-7(11)4-5-8(9)12/h4-6H,12H2,1-3H3. The van der Waals surface area contributed by atoms with E-state index in [1.165, 1.54) is 0 Å². The van der Waals surface area contributed by atoms with Gasteiger partial charge in [-0.2, -0.15) is 10.2 Å². The van der Waals surface area contributed by atoms with Crippen LogP contribution in [-0.2, 0) is 0 Å². The zero-order chi connectivity index (χ0) is 10.8. The van der Waals surface area contributed by atoms with Crippen LogP contribution >= 0.6 is 15.9 Å². The molecule has 0 aliphatic rings. The number of rotatable bonds is 1. The fraction of sp³-hybridized carbons (Fsp3) is 0.400. The Morgan fingerprint density at radius 2 is 1.93 bits per heavy atom. The van der Waals surface area contributed by atoms with Crippen LogP contribution in [-0.4, -0.2) is 5.54 Å². The van der Waals surface area contributed by atoms with E-state index >= 15 is 0 Å². The molecule has 1 rings (SSSR count). The zero-order valence-electron chi connectivity index (χ0n) is 8.58. The highest BCUT2D eigenvalue weighted by Gasteiger charge is 2.07. The molecule has 0 spiro atoms. The molecule has 3 nitrogen and oxygen atoms in total. The molecular weight excluding hydrogens is 242 g/mol. The van der Waals surface area contributed by atoms with Crippen LogP contribution in [0, 0.1) is 0 Å². The van der Waals surface area contributed by atoms with Gasteiger partial charge in [0, 0.05) is 4.47 Å². The third kappa shape index (κ3) is 3.46. The summed E-state index contributed by atoms with van der Waals surface area (Å²) in [7, 11) is 0. The van der Waals surface area contributed by atoms with Crippen molar-refractivity contribution in [3.8, 4) is 0 Å². The smallest absolute Gasteiger partial charge is 0.109 e. The van der Waals surface area contributed by atoms with Crippen molar-refractivity contribution in [2.75, 3.05) is 5.73 Å². The van der Waals surface area contributed by atoms with E-state index in [0.717, 1.165) is 4.47 Å². The molecule has 4 heteroatoms. The van der Waals surface area contributed by atoms with Crippen molar-refractivity contribution in [3.63, 3.8) is 0 Å². The molecular formula is C10H14BrN3. The minimum Gasteiger partial charge on any atom is -0.397 e. The van der Waals surface area contributed by atoms with Crippen molar-refractivity contribution in [3.05, 3.63) is 22.7 Å². The van der Waals surface area contributed by atoms with E-state index in [9.17, 15) is 0 Å². The van der Waals surface area contributed by atoms with E-state index in [2.05, 4.69) is 26.2 Å². The molecule has 0 atom stereocenters. The molecule has 0 fully saturated rings. The first-order chi connectivity index (χ1) is 6.38. The molecule has 1 aromatic carbocycles. The number of hydrogen-bond acceptors (Lipinski definition) is 3. The van der Waals surface area contributed by atoms with Gasteiger partial charge in [-0.05, 0) is 39.0 Å². The number of nitrogens with two attached hydrogens (primary N) is 1. The van der Waals surface area contributed by atoms with Gasteiger partial charge in [-0.3, -0.25) is 0 Å². The Morgan fingerprint density at radius 1 is 1.29 bits per heavy atom. The van der Waals surface area contributed by atoms with Crippen LogP contribution in [0.1, 0.15) is 20.8 Å². The van der Waals surface area contributed by atoms with Crippen molar-refractivity contribution in [2.24, 2.45) is 10.2 Å². The van der Waals surface area contributed by atoms with Crippen LogP contribution in [0.15, 0.2) is 32.9 Å². The minimum atomic E-state index is -0.172. The molecule has 0 amide bonds. The topological polar surface area (TPSA) is 50.7 Å². The SMILES string of the molecule is CC(C)(C)N=Nc1cc(Br)ccc1N. The third-order valence-electron chi connectivity index (χ3n) is 1.45. The van der Waals surface area contributed by atoms with Gasteiger partial charge >= 0.3 is 0 Å². The predicted octanol–water partition coefficient (Wildman–Crippen LogP) is 3.91. The Bertz CT molecular complexity index is 353. The van der Waals surface area contributed by atoms with E-state index in [-0.39, 0.29) is 5.54 Å². The summed E-state index contributed by atoms with van der Waals surface area (Å²) in [6.07, 6.45) is 0. The maximum absolute atomic E-state index is 5.74. The minimum absolute atomic E-state index is 0.172. The molecule has 0 unspecified atom stereocenters. The average molecular weight is 256 g/mol. The molecule has 1 aromatic rings. The first kappa shape index (κ1) is 11.2. The van der Waals surface area contributed by atoms with Gasteiger partial charge in [-0.15, -0.1) is 0 Å². The van der Waals surface area contributed by atoms with Crippen molar-refractivity contribution in [1.82, 2.24) is 0 Å². The van der Waals surface area contributed by atoms with Crippen molar-refractivity contribution >= 4 is 27.3 Å². The lowest BCUT2D eigenvalue weighted by Gasteiger charge is -2.09. The number of nitrogen functional groups attached to an aromatic ring is 1. The first-order valence-electron chi connectivity index (χ1n) is 4.36. The summed E-state index contributed by atoms with van der Waals surface area (Å²) < 4.78 is 0.953. The van der Waals surface area contributed by atoms with Crippen LogP contribution in [0.2, 0.25) is 0 Å². The zero-order valence-corrected chi connectivity index (χ0v) is 10.2. The molecule has 0 aliphatic carbocycles. The Morgan fingerprint density at radius 3 is 2.50 bits per heavy atom. The summed E-state index contributed by atoms with van der Waals surface area (Å²) in [5.74, 6) is 0. The summed E-state index contributed by atoms with van der Waals surface area (Å²) in [6.45, 7) is 5.97. The van der Waals surface area contributed by atoms with Gasteiger partial charge in [0.05, 0.1) is 11.2 Å². The van der Waals surface area contributed by atoms with Gasteiger partial charge in [0.15, 0.2) is 0 Å². The van der Waals surface area contributed by atoms with E-state index < -0.39 is 0 Å². The predicted molar refractivity (Wildman–Crippen MR) is 62.8 cm³/mol. The van der Waals surface area contributed by atoms with Crippen molar-refractivity contribution in [1.29, 1.82) is 0 Å². The monoisotopic (exact) mass is 255 g/mol. The van der Waals surface area contributed by atoms with E-state index in [0.29, 0.717) is 11.4 Å². The highest BCUT2D eigenvalue weighted by Crippen LogP contribution is 2.27. The van der Waals surface area contributed by atoms with Gasteiger partial charge in [0.1, 0.15) is 5.69 Å².